The summed E-state index contributed by atoms with van der Waals surface area (Å²) in [5.41, 5.74) is 5.71. The lowest BCUT2D eigenvalue weighted by atomic mass is 10.4. The second-order valence-electron chi connectivity index (χ2n) is 4.53. The fourth-order valence-electron chi connectivity index (χ4n) is 1.59. The van der Waals surface area contributed by atoms with Crippen molar-refractivity contribution in [3.8, 4) is 0 Å². The van der Waals surface area contributed by atoms with Crippen molar-refractivity contribution < 1.29 is 13.2 Å². The van der Waals surface area contributed by atoms with Gasteiger partial charge in [-0.3, -0.25) is 4.99 Å². The molecule has 1 aromatic rings. The molecule has 0 aromatic carbocycles. The minimum atomic E-state index is -3.42. The van der Waals surface area contributed by atoms with Gasteiger partial charge in [-0.05, 0) is 18.4 Å². The molecule has 0 spiro atoms. The van der Waals surface area contributed by atoms with Crippen LogP contribution in [-0.2, 0) is 14.8 Å². The van der Waals surface area contributed by atoms with Gasteiger partial charge in [0, 0.05) is 26.7 Å². The summed E-state index contributed by atoms with van der Waals surface area (Å²) in [5, 5.41) is 4.69. The lowest BCUT2D eigenvalue weighted by Crippen LogP contribution is -2.41. The summed E-state index contributed by atoms with van der Waals surface area (Å²) in [6.07, 6.45) is 0. The van der Waals surface area contributed by atoms with Crippen molar-refractivity contribution in [2.75, 3.05) is 33.9 Å². The van der Waals surface area contributed by atoms with Crippen LogP contribution in [0.2, 0.25) is 0 Å². The number of hydrogen-bond acceptors (Lipinski definition) is 5. The molecule has 0 aliphatic carbocycles. The van der Waals surface area contributed by atoms with Crippen LogP contribution in [0.3, 0.4) is 0 Å². The second kappa shape index (κ2) is 10.4. The van der Waals surface area contributed by atoms with Gasteiger partial charge in [0.25, 0.3) is 10.0 Å². The molecule has 3 N–H and O–H groups in total. The highest BCUT2D eigenvalue weighted by atomic mass is 127. The van der Waals surface area contributed by atoms with Crippen molar-refractivity contribution >= 4 is 51.3 Å². The van der Waals surface area contributed by atoms with E-state index in [1.165, 1.54) is 22.7 Å². The molecule has 128 valence electrons. The highest BCUT2D eigenvalue weighted by Crippen LogP contribution is 2.19. The molecule has 0 radical (unpaired) electrons. The van der Waals surface area contributed by atoms with Gasteiger partial charge < -0.3 is 15.8 Å². The number of thiophene rings is 1. The number of sulfonamides is 1. The molecule has 0 saturated carbocycles. The maximum absolute atomic E-state index is 12.2. The van der Waals surface area contributed by atoms with E-state index in [-0.39, 0.29) is 42.5 Å². The first-order valence-corrected chi connectivity index (χ1v) is 8.75. The van der Waals surface area contributed by atoms with Crippen LogP contribution in [0, 0.1) is 0 Å². The number of nitrogens with two attached hydrogens (primary N) is 1. The van der Waals surface area contributed by atoms with Gasteiger partial charge in [0.1, 0.15) is 4.21 Å². The van der Waals surface area contributed by atoms with E-state index in [1.807, 2.05) is 6.92 Å². The second-order valence-corrected chi connectivity index (χ2v) is 7.75. The number of likely N-dealkylation sites (N-methyl/N-ethyl adjacent to an activating group) is 1. The molecule has 1 heterocycles. The van der Waals surface area contributed by atoms with E-state index in [0.29, 0.717) is 17.4 Å². The Morgan fingerprint density at radius 1 is 1.59 bits per heavy atom. The van der Waals surface area contributed by atoms with Gasteiger partial charge in [-0.1, -0.05) is 6.07 Å². The Morgan fingerprint density at radius 3 is 2.82 bits per heavy atom. The molecular weight excluding hydrogens is 439 g/mol. The normalized spacial score (nSPS) is 13.7. The van der Waals surface area contributed by atoms with Crippen LogP contribution in [0.15, 0.2) is 26.7 Å². The molecule has 7 nitrogen and oxygen atoms in total. The number of nitrogens with one attached hydrogen (secondary N) is 1. The molecule has 0 fully saturated rings. The third-order valence-electron chi connectivity index (χ3n) is 2.67. The van der Waals surface area contributed by atoms with Crippen LogP contribution in [-0.4, -0.2) is 58.6 Å². The monoisotopic (exact) mass is 462 g/mol. The number of aliphatic imine (C=N–C) groups is 1. The number of methoxy groups -OCH3 is 1. The average Bonchev–Trinajstić information content (AvgIpc) is 2.93. The Hall–Kier alpha value is -0.430. The minimum Gasteiger partial charge on any atom is -0.383 e. The van der Waals surface area contributed by atoms with Crippen LogP contribution in [0.25, 0.3) is 0 Å². The first-order valence-electron chi connectivity index (χ1n) is 6.43. The highest BCUT2D eigenvalue weighted by Gasteiger charge is 2.20. The van der Waals surface area contributed by atoms with Crippen LogP contribution in [0.5, 0.6) is 0 Å². The molecule has 10 heteroatoms. The van der Waals surface area contributed by atoms with Gasteiger partial charge >= 0.3 is 0 Å². The van der Waals surface area contributed by atoms with E-state index in [2.05, 4.69) is 10.3 Å². The predicted molar refractivity (Wildman–Crippen MR) is 101 cm³/mol. The van der Waals surface area contributed by atoms with E-state index in [9.17, 15) is 8.42 Å². The van der Waals surface area contributed by atoms with E-state index >= 15 is 0 Å². The van der Waals surface area contributed by atoms with Crippen LogP contribution in [0.4, 0.5) is 0 Å². The Labute approximate surface area is 153 Å². The van der Waals surface area contributed by atoms with E-state index in [1.54, 1.807) is 24.6 Å². The predicted octanol–water partition coefficient (Wildman–Crippen LogP) is 0.926. The molecule has 0 aliphatic rings. The van der Waals surface area contributed by atoms with Gasteiger partial charge in [-0.25, -0.2) is 8.42 Å². The maximum atomic E-state index is 12.2. The standard InChI is InChI=1S/C12H22N4O3S2.HI/c1-10(9-19-3)15-12(13)14-6-7-16(2)21(17,18)11-5-4-8-20-11;/h4-5,8,10H,6-7,9H2,1-3H3,(H3,13,14,15);1H. The number of rotatable bonds is 8. The Bertz CT molecular complexity index is 549. The highest BCUT2D eigenvalue weighted by molar-refractivity contribution is 14.0. The number of ether oxygens (including phenoxy) is 1. The van der Waals surface area contributed by atoms with Crippen molar-refractivity contribution in [2.24, 2.45) is 10.7 Å². The smallest absolute Gasteiger partial charge is 0.252 e. The number of hydrogen-bond donors (Lipinski definition) is 2. The number of guanidine groups is 1. The summed E-state index contributed by atoms with van der Waals surface area (Å²) in [6.45, 7) is 2.99. The van der Waals surface area contributed by atoms with Gasteiger partial charge in [-0.2, -0.15) is 4.31 Å². The van der Waals surface area contributed by atoms with E-state index in [4.69, 9.17) is 10.5 Å². The maximum Gasteiger partial charge on any atom is 0.252 e. The quantitative estimate of drug-likeness (QED) is 0.340. The number of halogens is 1. The SMILES string of the molecule is COCC(C)NC(N)=NCCN(C)S(=O)(=O)c1cccs1.I. The molecule has 22 heavy (non-hydrogen) atoms. The summed E-state index contributed by atoms with van der Waals surface area (Å²) in [5.74, 6) is 0.279. The van der Waals surface area contributed by atoms with Crippen LogP contribution >= 0.6 is 35.3 Å². The van der Waals surface area contributed by atoms with Crippen molar-refractivity contribution in [1.82, 2.24) is 9.62 Å². The Kier molecular flexibility index (Phi) is 10.2. The van der Waals surface area contributed by atoms with Crippen molar-refractivity contribution in [3.63, 3.8) is 0 Å². The fourth-order valence-corrected chi connectivity index (χ4v) is 3.95. The van der Waals surface area contributed by atoms with Crippen LogP contribution in [0.1, 0.15) is 6.92 Å². The van der Waals surface area contributed by atoms with Crippen molar-refractivity contribution in [3.05, 3.63) is 17.5 Å². The minimum absolute atomic E-state index is 0. The van der Waals surface area contributed by atoms with Gasteiger partial charge in [0.05, 0.1) is 13.2 Å². The lowest BCUT2D eigenvalue weighted by Gasteiger charge is -2.16. The van der Waals surface area contributed by atoms with Gasteiger partial charge in [-0.15, -0.1) is 35.3 Å². The topological polar surface area (TPSA) is 97.0 Å². The summed E-state index contributed by atoms with van der Waals surface area (Å²) in [7, 11) is -0.287. The largest absolute Gasteiger partial charge is 0.383 e. The van der Waals surface area contributed by atoms with Gasteiger partial charge in [0.15, 0.2) is 5.96 Å². The molecule has 0 aliphatic heterocycles. The molecular formula is C12H23IN4O3S2. The molecule has 1 aromatic heterocycles. The number of nitrogens with zero attached hydrogens (tertiary/aromatic N) is 2. The summed E-state index contributed by atoms with van der Waals surface area (Å²) >= 11 is 1.20. The Balaban J connectivity index is 0.00000441. The van der Waals surface area contributed by atoms with E-state index < -0.39 is 10.0 Å². The molecule has 1 atom stereocenters. The molecule has 1 unspecified atom stereocenters. The molecule has 0 bridgehead atoms. The fraction of sp³-hybridized carbons (Fsp3) is 0.583. The zero-order chi connectivity index (χ0) is 15.9. The third kappa shape index (κ3) is 6.77. The first-order chi connectivity index (χ1) is 9.87. The zero-order valence-electron chi connectivity index (χ0n) is 12.9. The van der Waals surface area contributed by atoms with Crippen molar-refractivity contribution in [2.45, 2.75) is 17.2 Å². The van der Waals surface area contributed by atoms with Gasteiger partial charge in [0.2, 0.25) is 0 Å². The summed E-state index contributed by atoms with van der Waals surface area (Å²) in [4.78, 5) is 4.11. The Morgan fingerprint density at radius 2 is 2.27 bits per heavy atom. The lowest BCUT2D eigenvalue weighted by molar-refractivity contribution is 0.179. The van der Waals surface area contributed by atoms with Crippen molar-refractivity contribution in [1.29, 1.82) is 0 Å². The van der Waals surface area contributed by atoms with Crippen LogP contribution < -0.4 is 11.1 Å². The first kappa shape index (κ1) is 21.6. The summed E-state index contributed by atoms with van der Waals surface area (Å²) < 4.78 is 30.9. The average molecular weight is 462 g/mol. The zero-order valence-corrected chi connectivity index (χ0v) is 16.8. The molecule has 1 rings (SSSR count). The van der Waals surface area contributed by atoms with E-state index in [0.717, 1.165) is 0 Å². The summed E-state index contributed by atoms with van der Waals surface area (Å²) in [6, 6.07) is 3.34. The molecule has 0 saturated heterocycles. The third-order valence-corrected chi connectivity index (χ3v) is 5.90. The molecule has 0 amide bonds.